The Hall–Kier alpha value is -2.00. The van der Waals surface area contributed by atoms with Crippen molar-refractivity contribution in [2.24, 2.45) is 4.99 Å². The first-order valence-corrected chi connectivity index (χ1v) is 6.84. The second kappa shape index (κ2) is 5.17. The van der Waals surface area contributed by atoms with Crippen molar-refractivity contribution in [3.63, 3.8) is 0 Å². The number of hydrogen-bond acceptors (Lipinski definition) is 2. The van der Waals surface area contributed by atoms with Gasteiger partial charge in [0.05, 0.1) is 11.4 Å². The van der Waals surface area contributed by atoms with Crippen molar-refractivity contribution in [3.05, 3.63) is 52.5 Å². The third-order valence-corrected chi connectivity index (χ3v) is 3.65. The van der Waals surface area contributed by atoms with Crippen LogP contribution in [0.3, 0.4) is 0 Å². The molecule has 0 fully saturated rings. The Labute approximate surface area is 123 Å². The van der Waals surface area contributed by atoms with Gasteiger partial charge in [-0.2, -0.15) is 0 Å². The van der Waals surface area contributed by atoms with Gasteiger partial charge < -0.3 is 10.1 Å². The molecule has 102 valence electrons. The lowest BCUT2D eigenvalue weighted by Gasteiger charge is -2.21. The zero-order valence-corrected chi connectivity index (χ0v) is 12.2. The van der Waals surface area contributed by atoms with Crippen molar-refractivity contribution in [3.8, 4) is 5.75 Å². The summed E-state index contributed by atoms with van der Waals surface area (Å²) >= 11 is 6.00. The molecule has 3 rings (SSSR count). The van der Waals surface area contributed by atoms with E-state index in [1.54, 1.807) is 0 Å². The Bertz CT molecular complexity index is 695. The molecule has 1 aliphatic rings. The molecule has 3 nitrogen and oxygen atoms in total. The van der Waals surface area contributed by atoms with E-state index >= 15 is 0 Å². The quantitative estimate of drug-likeness (QED) is 0.838. The highest BCUT2D eigenvalue weighted by Gasteiger charge is 2.15. The summed E-state index contributed by atoms with van der Waals surface area (Å²) in [6, 6.07) is 11.6. The Kier molecular flexibility index (Phi) is 3.36. The lowest BCUT2D eigenvalue weighted by atomic mass is 10.1. The summed E-state index contributed by atoms with van der Waals surface area (Å²) in [5.41, 5.74) is 4.22. The third-order valence-electron chi connectivity index (χ3n) is 3.42. The maximum Gasteiger partial charge on any atom is 0.146 e. The molecule has 1 aliphatic heterocycles. The molecule has 4 heteroatoms. The van der Waals surface area contributed by atoms with Gasteiger partial charge in [-0.1, -0.05) is 23.7 Å². The van der Waals surface area contributed by atoms with Gasteiger partial charge in [0.2, 0.25) is 0 Å². The molecule has 0 bridgehead atoms. The maximum absolute atomic E-state index is 6.00. The molecule has 1 N–H and O–H groups in total. The molecule has 2 aromatic carbocycles. The van der Waals surface area contributed by atoms with Crippen molar-refractivity contribution in [2.75, 3.05) is 11.9 Å². The van der Waals surface area contributed by atoms with E-state index in [1.807, 2.05) is 30.3 Å². The van der Waals surface area contributed by atoms with Gasteiger partial charge in [0.1, 0.15) is 18.2 Å². The lowest BCUT2D eigenvalue weighted by Crippen LogP contribution is -2.25. The predicted molar refractivity (Wildman–Crippen MR) is 83.6 cm³/mol. The Morgan fingerprint density at radius 1 is 1.20 bits per heavy atom. The van der Waals surface area contributed by atoms with Crippen LogP contribution in [0.1, 0.15) is 11.1 Å². The fraction of sp³-hybridized carbons (Fsp3) is 0.188. The molecule has 0 amide bonds. The maximum atomic E-state index is 6.00. The highest BCUT2D eigenvalue weighted by molar-refractivity contribution is 6.31. The summed E-state index contributed by atoms with van der Waals surface area (Å²) in [7, 11) is 0. The number of benzene rings is 2. The average Bonchev–Trinajstić information content (AvgIpc) is 2.43. The van der Waals surface area contributed by atoms with Crippen LogP contribution < -0.4 is 10.1 Å². The van der Waals surface area contributed by atoms with E-state index in [0.717, 1.165) is 23.0 Å². The van der Waals surface area contributed by atoms with Gasteiger partial charge in [-0.3, -0.25) is 0 Å². The number of anilines is 1. The van der Waals surface area contributed by atoms with E-state index in [9.17, 15) is 0 Å². The van der Waals surface area contributed by atoms with E-state index < -0.39 is 0 Å². The molecular weight excluding hydrogens is 272 g/mol. The van der Waals surface area contributed by atoms with Gasteiger partial charge in [0.25, 0.3) is 0 Å². The molecule has 2 aromatic rings. The van der Waals surface area contributed by atoms with Crippen LogP contribution in [-0.2, 0) is 0 Å². The molecule has 0 saturated heterocycles. The number of nitrogens with zero attached hydrogens (tertiary/aromatic N) is 1. The smallest absolute Gasteiger partial charge is 0.146 e. The SMILES string of the molecule is Cc1cccc(N=C2COc3ccc(Cl)cc3N2)c1C. The summed E-state index contributed by atoms with van der Waals surface area (Å²) in [4.78, 5) is 4.64. The number of fused-ring (bicyclic) bond motifs is 1. The van der Waals surface area contributed by atoms with Gasteiger partial charge in [-0.05, 0) is 49.2 Å². The first-order valence-electron chi connectivity index (χ1n) is 6.46. The van der Waals surface area contributed by atoms with Crippen molar-refractivity contribution >= 4 is 28.8 Å². The number of aliphatic imine (C=N–C) groups is 1. The zero-order valence-electron chi connectivity index (χ0n) is 11.4. The monoisotopic (exact) mass is 286 g/mol. The van der Waals surface area contributed by atoms with Crippen molar-refractivity contribution in [1.29, 1.82) is 0 Å². The van der Waals surface area contributed by atoms with Crippen molar-refractivity contribution in [1.82, 2.24) is 0 Å². The first kappa shape index (κ1) is 13.0. The highest BCUT2D eigenvalue weighted by Crippen LogP contribution is 2.31. The second-order valence-corrected chi connectivity index (χ2v) is 5.27. The molecule has 0 aliphatic carbocycles. The number of ether oxygens (including phenoxy) is 1. The van der Waals surface area contributed by atoms with Crippen molar-refractivity contribution in [2.45, 2.75) is 13.8 Å². The van der Waals surface area contributed by atoms with Crippen LogP contribution in [0.2, 0.25) is 5.02 Å². The summed E-state index contributed by atoms with van der Waals surface area (Å²) in [5.74, 6) is 1.59. The highest BCUT2D eigenvalue weighted by atomic mass is 35.5. The van der Waals surface area contributed by atoms with Gasteiger partial charge >= 0.3 is 0 Å². The first-order chi connectivity index (χ1) is 9.63. The summed E-state index contributed by atoms with van der Waals surface area (Å²) < 4.78 is 5.68. The molecule has 0 atom stereocenters. The summed E-state index contributed by atoms with van der Waals surface area (Å²) in [6.07, 6.45) is 0. The minimum absolute atomic E-state index is 0.433. The fourth-order valence-corrected chi connectivity index (χ4v) is 2.30. The van der Waals surface area contributed by atoms with E-state index in [4.69, 9.17) is 16.3 Å². The van der Waals surface area contributed by atoms with Crippen molar-refractivity contribution < 1.29 is 4.74 Å². The number of hydrogen-bond donors (Lipinski definition) is 1. The Balaban J connectivity index is 1.93. The van der Waals surface area contributed by atoms with Crippen LogP contribution in [0.15, 0.2) is 41.4 Å². The van der Waals surface area contributed by atoms with E-state index in [1.165, 1.54) is 11.1 Å². The normalized spacial score (nSPS) is 15.4. The number of nitrogens with one attached hydrogen (secondary N) is 1. The number of aryl methyl sites for hydroxylation is 1. The molecule has 0 aromatic heterocycles. The minimum atomic E-state index is 0.433. The predicted octanol–water partition coefficient (Wildman–Crippen LogP) is 4.49. The van der Waals surface area contributed by atoms with Gasteiger partial charge in [-0.25, -0.2) is 4.99 Å². The third kappa shape index (κ3) is 2.49. The van der Waals surface area contributed by atoms with Crippen LogP contribution in [0.4, 0.5) is 11.4 Å². The number of rotatable bonds is 1. The molecule has 0 saturated carbocycles. The Morgan fingerprint density at radius 3 is 2.90 bits per heavy atom. The largest absolute Gasteiger partial charge is 0.484 e. The van der Waals surface area contributed by atoms with Crippen LogP contribution >= 0.6 is 11.6 Å². The molecule has 1 heterocycles. The minimum Gasteiger partial charge on any atom is -0.484 e. The van der Waals surface area contributed by atoms with Crippen LogP contribution in [0, 0.1) is 13.8 Å². The van der Waals surface area contributed by atoms with Crippen LogP contribution in [0.5, 0.6) is 5.75 Å². The summed E-state index contributed by atoms with van der Waals surface area (Å²) in [6.45, 7) is 4.59. The van der Waals surface area contributed by atoms with E-state index in [0.29, 0.717) is 11.6 Å². The summed E-state index contributed by atoms with van der Waals surface area (Å²) in [5, 5.41) is 3.95. The standard InChI is InChI=1S/C16H15ClN2O/c1-10-4-3-5-13(11(10)2)18-16-9-20-15-7-6-12(17)8-14(15)19-16/h3-8H,9H2,1-2H3,(H,18,19). The van der Waals surface area contributed by atoms with Gasteiger partial charge in [-0.15, -0.1) is 0 Å². The number of amidine groups is 1. The van der Waals surface area contributed by atoms with Gasteiger partial charge in [0.15, 0.2) is 0 Å². The van der Waals surface area contributed by atoms with E-state index in [-0.39, 0.29) is 0 Å². The Morgan fingerprint density at radius 2 is 2.05 bits per heavy atom. The lowest BCUT2D eigenvalue weighted by molar-refractivity contribution is 0.372. The average molecular weight is 287 g/mol. The molecule has 20 heavy (non-hydrogen) atoms. The van der Waals surface area contributed by atoms with Crippen LogP contribution in [0.25, 0.3) is 0 Å². The van der Waals surface area contributed by atoms with Gasteiger partial charge in [0, 0.05) is 5.02 Å². The number of halogens is 1. The van der Waals surface area contributed by atoms with E-state index in [2.05, 4.69) is 30.2 Å². The van der Waals surface area contributed by atoms with Crippen LogP contribution in [-0.4, -0.2) is 12.4 Å². The molecular formula is C16H15ClN2O. The second-order valence-electron chi connectivity index (χ2n) is 4.83. The fourth-order valence-electron chi connectivity index (χ4n) is 2.13. The molecule has 0 spiro atoms. The topological polar surface area (TPSA) is 33.6 Å². The molecule has 0 radical (unpaired) electrons. The zero-order chi connectivity index (χ0) is 14.1. The molecule has 0 unspecified atom stereocenters.